The van der Waals surface area contributed by atoms with Gasteiger partial charge in [-0.05, 0) is 73.8 Å². The number of carbonyl (C=O) groups is 3. The number of nitrogens with two attached hydrogens (primary N) is 1. The van der Waals surface area contributed by atoms with Crippen molar-refractivity contribution in [1.29, 1.82) is 0 Å². The molecule has 1 fully saturated rings. The largest absolute Gasteiger partial charge is 0.480 e. The van der Waals surface area contributed by atoms with Gasteiger partial charge in [0.15, 0.2) is 0 Å². The van der Waals surface area contributed by atoms with Crippen molar-refractivity contribution < 1.29 is 41.4 Å². The van der Waals surface area contributed by atoms with Crippen molar-refractivity contribution in [2.75, 3.05) is 25.0 Å². The van der Waals surface area contributed by atoms with E-state index in [0.717, 1.165) is 44.1 Å². The van der Waals surface area contributed by atoms with Crippen LogP contribution in [0.15, 0.2) is 60.7 Å². The van der Waals surface area contributed by atoms with Crippen molar-refractivity contribution in [3.63, 3.8) is 0 Å². The first-order valence-electron chi connectivity index (χ1n) is 15.4. The minimum Gasteiger partial charge on any atom is -0.480 e. The van der Waals surface area contributed by atoms with E-state index in [0.29, 0.717) is 36.0 Å². The van der Waals surface area contributed by atoms with Crippen LogP contribution in [-0.2, 0) is 31.9 Å². The average Bonchev–Trinajstić information content (AvgIpc) is 3.03. The Morgan fingerprint density at radius 3 is 2.12 bits per heavy atom. The second-order valence-corrected chi connectivity index (χ2v) is 13.4. The summed E-state index contributed by atoms with van der Waals surface area (Å²) in [5.74, 6) is -4.11. The van der Waals surface area contributed by atoms with Crippen LogP contribution in [0.1, 0.15) is 54.1 Å². The van der Waals surface area contributed by atoms with Gasteiger partial charge in [-0.1, -0.05) is 37.6 Å². The molecule has 0 aromatic heterocycles. The number of hydrogen-bond acceptors (Lipinski definition) is 8. The van der Waals surface area contributed by atoms with E-state index in [-0.39, 0.29) is 29.9 Å². The van der Waals surface area contributed by atoms with Gasteiger partial charge in [-0.2, -0.15) is 0 Å². The summed E-state index contributed by atoms with van der Waals surface area (Å²) < 4.78 is 60.1. The molecule has 1 aliphatic rings. The van der Waals surface area contributed by atoms with Crippen LogP contribution in [0, 0.1) is 11.6 Å². The van der Waals surface area contributed by atoms with Crippen LogP contribution in [0.25, 0.3) is 0 Å². The summed E-state index contributed by atoms with van der Waals surface area (Å²) in [7, 11) is -3.78. The molecule has 1 saturated heterocycles. The van der Waals surface area contributed by atoms with Crippen molar-refractivity contribution >= 4 is 45.9 Å². The second kappa shape index (κ2) is 18.0. The molecule has 6 N–H and O–H groups in total. The Hall–Kier alpha value is -4.15. The minimum absolute atomic E-state index is 0. The fraction of sp³-hybridized carbons (Fsp3) is 0.364. The lowest BCUT2D eigenvalue weighted by Gasteiger charge is -2.34. The summed E-state index contributed by atoms with van der Waals surface area (Å²) in [6.45, 7) is 3.56. The maximum Gasteiger partial charge on any atom is 0.318 e. The summed E-state index contributed by atoms with van der Waals surface area (Å²) in [5, 5.41) is 14.5. The van der Waals surface area contributed by atoms with Gasteiger partial charge in [0.05, 0.1) is 23.0 Å². The van der Waals surface area contributed by atoms with E-state index in [9.17, 15) is 31.6 Å². The molecule has 0 radical (unpaired) electrons. The summed E-state index contributed by atoms with van der Waals surface area (Å²) >= 11 is 0. The lowest BCUT2D eigenvalue weighted by Crippen LogP contribution is -2.50. The number of carbonyl (C=O) groups excluding carboxylic acids is 2. The normalized spacial score (nSPS) is 14.4. The summed E-state index contributed by atoms with van der Waals surface area (Å²) in [6.07, 6.45) is 2.78. The number of benzene rings is 3. The highest BCUT2D eigenvalue weighted by Gasteiger charge is 2.26. The van der Waals surface area contributed by atoms with Crippen LogP contribution >= 0.6 is 12.4 Å². The highest BCUT2D eigenvalue weighted by atomic mass is 35.5. The molecule has 0 bridgehead atoms. The molecule has 3 aromatic carbocycles. The summed E-state index contributed by atoms with van der Waals surface area (Å²) in [5.41, 5.74) is 5.92. The monoisotopic (exact) mass is 723 g/mol. The van der Waals surface area contributed by atoms with Crippen LogP contribution < -0.4 is 25.8 Å². The smallest absolute Gasteiger partial charge is 0.318 e. The zero-order valence-corrected chi connectivity index (χ0v) is 28.4. The van der Waals surface area contributed by atoms with Crippen molar-refractivity contribution in [3.05, 3.63) is 89.0 Å². The fourth-order valence-electron chi connectivity index (χ4n) is 5.33. The molecular weight excluding hydrogens is 684 g/mol. The molecule has 1 unspecified atom stereocenters. The third kappa shape index (κ3) is 12.0. The van der Waals surface area contributed by atoms with Crippen molar-refractivity contribution in [2.45, 2.75) is 57.0 Å². The Bertz CT molecular complexity index is 1710. The predicted molar refractivity (Wildman–Crippen MR) is 182 cm³/mol. The Morgan fingerprint density at radius 2 is 1.57 bits per heavy atom. The first kappa shape index (κ1) is 39.3. The van der Waals surface area contributed by atoms with Gasteiger partial charge in [-0.3, -0.25) is 19.3 Å². The third-order valence-electron chi connectivity index (χ3n) is 7.79. The number of carboxylic acids is 1. The maximum atomic E-state index is 14.3. The van der Waals surface area contributed by atoms with Gasteiger partial charge in [0.25, 0.3) is 5.91 Å². The predicted octanol–water partition coefficient (Wildman–Crippen LogP) is 4.14. The molecule has 16 heteroatoms. The Kier molecular flexibility index (Phi) is 14.4. The average molecular weight is 724 g/mol. The number of aliphatic carboxylic acids is 1. The van der Waals surface area contributed by atoms with Crippen molar-refractivity contribution in [1.82, 2.24) is 14.9 Å². The van der Waals surface area contributed by atoms with E-state index in [1.807, 2.05) is 35.9 Å². The molecule has 1 heterocycles. The van der Waals surface area contributed by atoms with E-state index in [2.05, 4.69) is 15.5 Å². The number of nitrogens with one attached hydrogen (secondary N) is 3. The number of carboxylic acid groups (broad SMARTS) is 1. The van der Waals surface area contributed by atoms with E-state index >= 15 is 0 Å². The first-order valence-corrected chi connectivity index (χ1v) is 17.1. The highest BCUT2D eigenvalue weighted by Crippen LogP contribution is 2.24. The number of primary amides is 1. The Morgan fingerprint density at radius 1 is 0.980 bits per heavy atom. The van der Waals surface area contributed by atoms with Crippen LogP contribution in [0.5, 0.6) is 11.5 Å². The highest BCUT2D eigenvalue weighted by molar-refractivity contribution is 7.88. The SMILES string of the molecule is CCCC(NC1CCN(Cc2ccc(Oc3ccc(CS(=O)(=O)NCC(=O)O)cc3)cc2)CC1)C(=O)Nc1cc(C(N)=O)c(F)cc1F.Cl. The fourth-order valence-corrected chi connectivity index (χ4v) is 6.40. The summed E-state index contributed by atoms with van der Waals surface area (Å²) in [4.78, 5) is 37.4. The van der Waals surface area contributed by atoms with Crippen LogP contribution in [-0.4, -0.2) is 67.9 Å². The number of likely N-dealkylation sites (tertiary alicyclic amines) is 1. The van der Waals surface area contributed by atoms with Crippen molar-refractivity contribution in [3.8, 4) is 11.5 Å². The minimum atomic E-state index is -3.78. The van der Waals surface area contributed by atoms with E-state index in [1.165, 1.54) is 0 Å². The van der Waals surface area contributed by atoms with Gasteiger partial charge in [0.2, 0.25) is 15.9 Å². The van der Waals surface area contributed by atoms with Crippen LogP contribution in [0.2, 0.25) is 0 Å². The van der Waals surface area contributed by atoms with Gasteiger partial charge in [-0.25, -0.2) is 21.9 Å². The standard InChI is InChI=1S/C33H39F2N5O7S.ClH/c1-2-3-29(33(44)39-30-16-26(32(36)43)27(34)17-28(30)35)38-23-12-14-40(15-13-23)19-21-4-8-24(9-5-21)47-25-10-6-22(7-11-25)20-48(45,46)37-18-31(41)42;/h4-11,16-17,23,29,37-38H,2-3,12-15,18-20H2,1H3,(H2,36,43)(H,39,44)(H,41,42);1H. The zero-order valence-electron chi connectivity index (χ0n) is 26.8. The molecule has 2 amide bonds. The van der Waals surface area contributed by atoms with E-state index < -0.39 is 57.6 Å². The van der Waals surface area contributed by atoms with Gasteiger partial charge in [-0.15, -0.1) is 12.4 Å². The molecule has 1 aliphatic heterocycles. The molecule has 49 heavy (non-hydrogen) atoms. The quantitative estimate of drug-likeness (QED) is 0.145. The molecule has 0 spiro atoms. The maximum absolute atomic E-state index is 14.3. The molecule has 0 saturated carbocycles. The van der Waals surface area contributed by atoms with Gasteiger partial charge in [0.1, 0.15) is 29.7 Å². The topological polar surface area (TPSA) is 180 Å². The molecule has 4 rings (SSSR count). The number of halogens is 3. The lowest BCUT2D eigenvalue weighted by atomic mass is 10.0. The Labute approximate surface area is 289 Å². The van der Waals surface area contributed by atoms with Crippen LogP contribution in [0.4, 0.5) is 14.5 Å². The number of anilines is 1. The zero-order chi connectivity index (χ0) is 34.8. The number of nitrogens with zero attached hydrogens (tertiary/aromatic N) is 1. The number of rotatable bonds is 16. The lowest BCUT2D eigenvalue weighted by molar-refractivity contribution is -0.135. The van der Waals surface area contributed by atoms with Crippen LogP contribution in [0.3, 0.4) is 0 Å². The number of hydrogen-bond donors (Lipinski definition) is 5. The number of ether oxygens (including phenoxy) is 1. The second-order valence-electron chi connectivity index (χ2n) is 11.6. The number of piperidine rings is 1. The molecule has 1 atom stereocenters. The number of sulfonamides is 1. The van der Waals surface area contributed by atoms with E-state index in [1.54, 1.807) is 24.3 Å². The molecule has 266 valence electrons. The van der Waals surface area contributed by atoms with Gasteiger partial charge < -0.3 is 26.2 Å². The third-order valence-corrected chi connectivity index (χ3v) is 9.08. The molecule has 12 nitrogen and oxygen atoms in total. The molecular formula is C33H40ClF2N5O7S. The van der Waals surface area contributed by atoms with E-state index in [4.69, 9.17) is 15.6 Å². The van der Waals surface area contributed by atoms with Gasteiger partial charge >= 0.3 is 5.97 Å². The molecule has 3 aromatic rings. The van der Waals surface area contributed by atoms with Crippen molar-refractivity contribution in [2.24, 2.45) is 5.73 Å². The Balaban J connectivity index is 0.00000650. The number of amides is 2. The van der Waals surface area contributed by atoms with Gasteiger partial charge in [0, 0.05) is 18.7 Å². The summed E-state index contributed by atoms with van der Waals surface area (Å²) in [6, 6.07) is 15.0. The first-order chi connectivity index (χ1) is 22.8. The molecule has 0 aliphatic carbocycles.